The normalized spacial score (nSPS) is 23.7. The molecule has 2 unspecified atom stereocenters. The van der Waals surface area contributed by atoms with Gasteiger partial charge in [-0.1, -0.05) is 40.9 Å². The maximum Gasteiger partial charge on any atom is 0.224 e. The summed E-state index contributed by atoms with van der Waals surface area (Å²) in [5.41, 5.74) is 0.717. The second kappa shape index (κ2) is 6.32. The van der Waals surface area contributed by atoms with Gasteiger partial charge in [-0.2, -0.15) is 0 Å². The fraction of sp³-hybridized carbons (Fsp3) is 0.500. The van der Waals surface area contributed by atoms with Gasteiger partial charge in [0, 0.05) is 10.9 Å². The van der Waals surface area contributed by atoms with Crippen LogP contribution in [0, 0.1) is 5.82 Å². The standard InChI is InChI=1S/C14H17BrFNO/c15-12-6-1-2-7-13(12)17-14(18)9-10-4-3-5-11(16)8-10/h3-5,8,12-13H,1-2,6-7,9H2,(H,17,18). The summed E-state index contributed by atoms with van der Waals surface area (Å²) in [5.74, 6) is -0.326. The summed E-state index contributed by atoms with van der Waals surface area (Å²) in [6.45, 7) is 0. The highest BCUT2D eigenvalue weighted by Gasteiger charge is 2.23. The molecule has 1 aromatic carbocycles. The van der Waals surface area contributed by atoms with Gasteiger partial charge >= 0.3 is 0 Å². The Morgan fingerprint density at radius 2 is 2.17 bits per heavy atom. The first kappa shape index (κ1) is 13.5. The Labute approximate surface area is 115 Å². The third-order valence-electron chi connectivity index (χ3n) is 3.28. The van der Waals surface area contributed by atoms with E-state index in [1.165, 1.54) is 18.6 Å². The molecule has 0 aliphatic heterocycles. The van der Waals surface area contributed by atoms with Crippen molar-refractivity contribution in [1.82, 2.24) is 5.32 Å². The zero-order chi connectivity index (χ0) is 13.0. The Morgan fingerprint density at radius 1 is 1.39 bits per heavy atom. The van der Waals surface area contributed by atoms with E-state index in [2.05, 4.69) is 21.2 Å². The fourth-order valence-corrected chi connectivity index (χ4v) is 3.06. The molecule has 0 aromatic heterocycles. The van der Waals surface area contributed by atoms with E-state index in [1.807, 2.05) is 0 Å². The lowest BCUT2D eigenvalue weighted by Gasteiger charge is -2.28. The van der Waals surface area contributed by atoms with E-state index in [1.54, 1.807) is 12.1 Å². The smallest absolute Gasteiger partial charge is 0.224 e. The van der Waals surface area contributed by atoms with Crippen LogP contribution in [0.5, 0.6) is 0 Å². The van der Waals surface area contributed by atoms with Crippen molar-refractivity contribution in [2.45, 2.75) is 43.0 Å². The number of alkyl halides is 1. The van der Waals surface area contributed by atoms with E-state index in [-0.39, 0.29) is 24.2 Å². The van der Waals surface area contributed by atoms with Gasteiger partial charge in [-0.05, 0) is 30.5 Å². The van der Waals surface area contributed by atoms with Crippen molar-refractivity contribution in [2.24, 2.45) is 0 Å². The van der Waals surface area contributed by atoms with Gasteiger partial charge in [0.1, 0.15) is 5.82 Å². The van der Waals surface area contributed by atoms with Gasteiger partial charge < -0.3 is 5.32 Å². The molecule has 0 radical (unpaired) electrons. The lowest BCUT2D eigenvalue weighted by Crippen LogP contribution is -2.43. The van der Waals surface area contributed by atoms with Gasteiger partial charge in [-0.25, -0.2) is 4.39 Å². The van der Waals surface area contributed by atoms with Crippen molar-refractivity contribution in [3.63, 3.8) is 0 Å². The summed E-state index contributed by atoms with van der Waals surface area (Å²) in [6.07, 6.45) is 4.74. The minimum Gasteiger partial charge on any atom is -0.352 e. The summed E-state index contributed by atoms with van der Waals surface area (Å²) in [6, 6.07) is 6.41. The van der Waals surface area contributed by atoms with Crippen molar-refractivity contribution in [2.75, 3.05) is 0 Å². The van der Waals surface area contributed by atoms with Crippen LogP contribution in [0.25, 0.3) is 0 Å². The zero-order valence-electron chi connectivity index (χ0n) is 10.2. The third kappa shape index (κ3) is 3.80. The zero-order valence-corrected chi connectivity index (χ0v) is 11.7. The van der Waals surface area contributed by atoms with Crippen molar-refractivity contribution >= 4 is 21.8 Å². The van der Waals surface area contributed by atoms with Crippen LogP contribution in [0.4, 0.5) is 4.39 Å². The molecule has 2 nitrogen and oxygen atoms in total. The largest absolute Gasteiger partial charge is 0.352 e. The molecular weight excluding hydrogens is 297 g/mol. The second-order valence-electron chi connectivity index (χ2n) is 4.78. The van der Waals surface area contributed by atoms with Crippen molar-refractivity contribution in [3.8, 4) is 0 Å². The van der Waals surface area contributed by atoms with Crippen LogP contribution in [0.1, 0.15) is 31.2 Å². The topological polar surface area (TPSA) is 29.1 Å². The summed E-state index contributed by atoms with van der Waals surface area (Å²) >= 11 is 3.61. The van der Waals surface area contributed by atoms with E-state index in [0.717, 1.165) is 24.8 Å². The minimum atomic E-state index is -0.295. The predicted octanol–water partition coefficient (Wildman–Crippen LogP) is 3.19. The molecule has 2 rings (SSSR count). The third-order valence-corrected chi connectivity index (χ3v) is 4.38. The first-order valence-corrected chi connectivity index (χ1v) is 7.24. The SMILES string of the molecule is O=C(Cc1cccc(F)c1)NC1CCCCC1Br. The number of hydrogen-bond acceptors (Lipinski definition) is 1. The number of carbonyl (C=O) groups excluding carboxylic acids is 1. The summed E-state index contributed by atoms with van der Waals surface area (Å²) in [5, 5.41) is 3.03. The Bertz CT molecular complexity index is 424. The minimum absolute atomic E-state index is 0.0306. The van der Waals surface area contributed by atoms with E-state index in [0.29, 0.717) is 4.83 Å². The highest BCUT2D eigenvalue weighted by molar-refractivity contribution is 9.09. The molecule has 1 aromatic rings. The van der Waals surface area contributed by atoms with Crippen LogP contribution in [-0.4, -0.2) is 16.8 Å². The summed E-state index contributed by atoms with van der Waals surface area (Å²) in [4.78, 5) is 12.2. The average molecular weight is 314 g/mol. The molecule has 4 heteroatoms. The first-order chi connectivity index (χ1) is 8.65. The molecular formula is C14H17BrFNO. The molecule has 0 heterocycles. The molecule has 1 fully saturated rings. The predicted molar refractivity (Wildman–Crippen MR) is 73.2 cm³/mol. The molecule has 1 aliphatic carbocycles. The number of benzene rings is 1. The molecule has 1 amide bonds. The van der Waals surface area contributed by atoms with Crippen molar-refractivity contribution < 1.29 is 9.18 Å². The molecule has 2 atom stereocenters. The summed E-state index contributed by atoms with van der Waals surface area (Å²) < 4.78 is 13.0. The van der Waals surface area contributed by atoms with Gasteiger partial charge in [0.2, 0.25) is 5.91 Å². The van der Waals surface area contributed by atoms with Crippen LogP contribution >= 0.6 is 15.9 Å². The van der Waals surface area contributed by atoms with E-state index in [9.17, 15) is 9.18 Å². The fourth-order valence-electron chi connectivity index (χ4n) is 2.34. The molecule has 18 heavy (non-hydrogen) atoms. The number of halogens is 2. The van der Waals surface area contributed by atoms with Crippen molar-refractivity contribution in [1.29, 1.82) is 0 Å². The molecule has 0 spiro atoms. The van der Waals surface area contributed by atoms with Crippen molar-refractivity contribution in [3.05, 3.63) is 35.6 Å². The maximum atomic E-state index is 13.0. The van der Waals surface area contributed by atoms with Crippen LogP contribution in [-0.2, 0) is 11.2 Å². The van der Waals surface area contributed by atoms with Gasteiger partial charge in [0.25, 0.3) is 0 Å². The first-order valence-electron chi connectivity index (χ1n) is 6.33. The molecule has 1 aliphatic rings. The monoisotopic (exact) mass is 313 g/mol. The average Bonchev–Trinajstić information content (AvgIpc) is 2.32. The number of hydrogen-bond donors (Lipinski definition) is 1. The maximum absolute atomic E-state index is 13.0. The molecule has 1 saturated carbocycles. The number of nitrogens with one attached hydrogen (secondary N) is 1. The van der Waals surface area contributed by atoms with Crippen LogP contribution < -0.4 is 5.32 Å². The summed E-state index contributed by atoms with van der Waals surface area (Å²) in [7, 11) is 0. The lowest BCUT2D eigenvalue weighted by molar-refractivity contribution is -0.121. The molecule has 0 saturated heterocycles. The van der Waals surface area contributed by atoms with Crippen LogP contribution in [0.2, 0.25) is 0 Å². The molecule has 0 bridgehead atoms. The molecule has 98 valence electrons. The number of amides is 1. The Morgan fingerprint density at radius 3 is 2.89 bits per heavy atom. The highest BCUT2D eigenvalue weighted by Crippen LogP contribution is 2.24. The van der Waals surface area contributed by atoms with Gasteiger partial charge in [0.05, 0.1) is 6.42 Å². The Hall–Kier alpha value is -0.900. The van der Waals surface area contributed by atoms with E-state index in [4.69, 9.17) is 0 Å². The number of carbonyl (C=O) groups is 1. The van der Waals surface area contributed by atoms with Crippen LogP contribution in [0.3, 0.4) is 0 Å². The van der Waals surface area contributed by atoms with Gasteiger partial charge in [-0.3, -0.25) is 4.79 Å². The van der Waals surface area contributed by atoms with Crippen LogP contribution in [0.15, 0.2) is 24.3 Å². The highest BCUT2D eigenvalue weighted by atomic mass is 79.9. The van der Waals surface area contributed by atoms with E-state index < -0.39 is 0 Å². The Kier molecular flexibility index (Phi) is 4.75. The second-order valence-corrected chi connectivity index (χ2v) is 5.96. The quantitative estimate of drug-likeness (QED) is 0.853. The lowest BCUT2D eigenvalue weighted by atomic mass is 9.95. The molecule has 1 N–H and O–H groups in total. The van der Waals surface area contributed by atoms with E-state index >= 15 is 0 Å². The Balaban J connectivity index is 1.88. The van der Waals surface area contributed by atoms with Gasteiger partial charge in [-0.15, -0.1) is 0 Å². The number of rotatable bonds is 3. The van der Waals surface area contributed by atoms with Gasteiger partial charge in [0.15, 0.2) is 0 Å².